The van der Waals surface area contributed by atoms with Crippen molar-refractivity contribution in [1.82, 2.24) is 39.5 Å². The molecule has 8 nitrogen and oxygen atoms in total. The van der Waals surface area contributed by atoms with E-state index in [9.17, 15) is 39.5 Å². The predicted molar refractivity (Wildman–Crippen MR) is 176 cm³/mol. The Morgan fingerprint density at radius 2 is 0.789 bits per heavy atom. The molecule has 0 amide bonds. The average Bonchev–Trinajstić information content (AvgIpc) is 3.84. The fraction of sp³-hybridized carbons (Fsp3) is 0.111. The van der Waals surface area contributed by atoms with Gasteiger partial charge >= 0.3 is 24.8 Å². The predicted octanol–water partition coefficient (Wildman–Crippen LogP) is 11.0. The highest BCUT2D eigenvalue weighted by molar-refractivity contribution is 6.09. The molecule has 1 N–H and O–H groups in total. The van der Waals surface area contributed by atoms with Gasteiger partial charge in [-0.1, -0.05) is 72.8 Å². The minimum atomic E-state index is -6.43. The Morgan fingerprint density at radius 3 is 1.18 bits per heavy atom. The Labute approximate surface area is 306 Å². The first kappa shape index (κ1) is 36.0. The van der Waals surface area contributed by atoms with E-state index in [-0.39, 0.29) is 37.6 Å². The smallest absolute Gasteiger partial charge is 0.324 e. The summed E-state index contributed by atoms with van der Waals surface area (Å²) in [6, 6.07) is 16.1. The van der Waals surface area contributed by atoms with E-state index in [2.05, 4.69) is 34.9 Å². The van der Waals surface area contributed by atoms with Gasteiger partial charge in [0.2, 0.25) is 0 Å². The van der Waals surface area contributed by atoms with Crippen molar-refractivity contribution >= 4 is 44.1 Å². The number of hydrogen-bond donors (Lipinski definition) is 1. The fourth-order valence-electron chi connectivity index (χ4n) is 7.03. The molecule has 8 bridgehead atoms. The topological polar surface area (TPSA) is 98.1 Å². The number of fused-ring (bicyclic) bond motifs is 20. The molecule has 0 saturated carbocycles. The molecular formula is C36H13F13N8. The fourth-order valence-corrected chi connectivity index (χ4v) is 7.03. The van der Waals surface area contributed by atoms with Crippen molar-refractivity contribution in [1.29, 1.82) is 0 Å². The summed E-state index contributed by atoms with van der Waals surface area (Å²) in [6.45, 7) is 0. The minimum Gasteiger partial charge on any atom is -0.324 e. The quantitative estimate of drug-likeness (QED) is 0.153. The van der Waals surface area contributed by atoms with Crippen LogP contribution in [0.5, 0.6) is 0 Å². The van der Waals surface area contributed by atoms with Crippen molar-refractivity contribution < 1.29 is 57.1 Å². The van der Waals surface area contributed by atoms with Crippen molar-refractivity contribution in [2.75, 3.05) is 0 Å². The van der Waals surface area contributed by atoms with Crippen molar-refractivity contribution in [3.05, 3.63) is 95.3 Å². The summed E-state index contributed by atoms with van der Waals surface area (Å²) >= 11 is 0. The van der Waals surface area contributed by atoms with E-state index in [1.54, 1.807) is 0 Å². The van der Waals surface area contributed by atoms with Crippen LogP contribution in [0.1, 0.15) is 16.7 Å². The van der Waals surface area contributed by atoms with Crippen LogP contribution >= 0.6 is 0 Å². The standard InChI is InChI=1S/C36H13F13N8/c37-24-20-19(21(33(38,39)40)22(34(41,42)43)23(24)35(44,45)46)29-52-25-13-7-1-3-9-15(13)27(50-25)55-31-17-11-5-6-12-18(17)32(57(31)36(47,48)49)56-28-16-10-4-2-8-14(16)26(51-28)53-30(20)54-29/h1-12H,(H,50,51,52,53,54,55,56). The van der Waals surface area contributed by atoms with Crippen molar-refractivity contribution in [3.8, 4) is 45.6 Å². The highest BCUT2D eigenvalue weighted by Gasteiger charge is 2.54. The summed E-state index contributed by atoms with van der Waals surface area (Å²) in [7, 11) is 0. The lowest BCUT2D eigenvalue weighted by Crippen LogP contribution is -2.25. The molecular weight excluding hydrogens is 791 g/mol. The number of H-pyrrole nitrogens is 1. The van der Waals surface area contributed by atoms with E-state index in [4.69, 9.17) is 0 Å². The molecule has 3 aromatic heterocycles. The molecule has 0 radical (unpaired) electrons. The number of rotatable bonds is 0. The number of hydrogen-bond acceptors (Lipinski definition) is 6. The van der Waals surface area contributed by atoms with Crippen molar-refractivity contribution in [2.45, 2.75) is 24.8 Å². The number of halogens is 13. The van der Waals surface area contributed by atoms with E-state index in [0.717, 1.165) is 0 Å². The van der Waals surface area contributed by atoms with Gasteiger partial charge in [-0.2, -0.15) is 39.5 Å². The summed E-state index contributed by atoms with van der Waals surface area (Å²) in [5.41, 5.74) is -13.8. The zero-order valence-electron chi connectivity index (χ0n) is 27.5. The maximum Gasteiger partial charge on any atom is 0.491 e. The maximum atomic E-state index is 16.3. The number of benzene rings is 4. The molecule has 9 rings (SSSR count). The zero-order valence-corrected chi connectivity index (χ0v) is 27.5. The van der Waals surface area contributed by atoms with Gasteiger partial charge in [0.05, 0.1) is 16.5 Å². The second kappa shape index (κ2) is 11.7. The summed E-state index contributed by atoms with van der Waals surface area (Å²) < 4.78 is 193. The highest BCUT2D eigenvalue weighted by atomic mass is 19.4. The van der Waals surface area contributed by atoms with Gasteiger partial charge in [0.1, 0.15) is 22.7 Å². The molecule has 4 aromatic carbocycles. The molecule has 7 aromatic rings. The van der Waals surface area contributed by atoms with Gasteiger partial charge in [-0.05, 0) is 0 Å². The van der Waals surface area contributed by atoms with Crippen LogP contribution in [-0.2, 0) is 24.8 Å². The van der Waals surface area contributed by atoms with E-state index < -0.39 is 104 Å². The van der Waals surface area contributed by atoms with Gasteiger partial charge in [0.25, 0.3) is 0 Å². The number of aromatic amines is 1. The molecule has 5 heterocycles. The van der Waals surface area contributed by atoms with Crippen LogP contribution in [0.4, 0.5) is 57.1 Å². The molecule has 0 atom stereocenters. The van der Waals surface area contributed by atoms with E-state index in [1.165, 1.54) is 72.8 Å². The van der Waals surface area contributed by atoms with Gasteiger partial charge in [-0.3, -0.25) is 0 Å². The monoisotopic (exact) mass is 804 g/mol. The van der Waals surface area contributed by atoms with E-state index in [1.807, 2.05) is 0 Å². The van der Waals surface area contributed by atoms with Crippen LogP contribution in [-0.4, -0.2) is 39.5 Å². The molecule has 2 aliphatic heterocycles. The minimum absolute atomic E-state index is 0.0291. The van der Waals surface area contributed by atoms with Gasteiger partial charge in [0.15, 0.2) is 34.6 Å². The molecule has 0 fully saturated rings. The first-order valence-electron chi connectivity index (χ1n) is 16.0. The third kappa shape index (κ3) is 5.45. The molecule has 288 valence electrons. The van der Waals surface area contributed by atoms with Crippen LogP contribution in [0.25, 0.3) is 89.7 Å². The van der Waals surface area contributed by atoms with Gasteiger partial charge < -0.3 is 4.98 Å². The number of nitrogens with one attached hydrogen (secondary N) is 1. The number of nitrogens with zero attached hydrogens (tertiary/aromatic N) is 7. The highest BCUT2D eigenvalue weighted by Crippen LogP contribution is 2.52. The Bertz CT molecular complexity index is 3050. The second-order valence-corrected chi connectivity index (χ2v) is 12.6. The van der Waals surface area contributed by atoms with Gasteiger partial charge in [0, 0.05) is 38.4 Å². The SMILES string of the molecule is Fc1c(C(F)(F)F)c(C(F)(F)F)c(C(F)(F)F)c2c3nc4nc(nc5c6ccccc6c(nc6nc(nc([nH]3)c12)-c1ccccc1-6)n5C(F)(F)F)-c1ccccc1-4. The Hall–Kier alpha value is -6.67. The number of alkyl halides is 12. The first-order chi connectivity index (χ1) is 26.7. The molecule has 0 aliphatic carbocycles. The molecule has 0 unspecified atom stereocenters. The molecule has 57 heavy (non-hydrogen) atoms. The van der Waals surface area contributed by atoms with E-state index in [0.29, 0.717) is 0 Å². The van der Waals surface area contributed by atoms with Crippen LogP contribution in [0.15, 0.2) is 72.8 Å². The third-order valence-corrected chi connectivity index (χ3v) is 9.19. The van der Waals surface area contributed by atoms with Gasteiger partial charge in [-0.15, -0.1) is 13.2 Å². The Balaban J connectivity index is 1.61. The summed E-state index contributed by atoms with van der Waals surface area (Å²) in [5, 5.41) is -3.66. The van der Waals surface area contributed by atoms with Crippen LogP contribution in [0.2, 0.25) is 0 Å². The summed E-state index contributed by atoms with van der Waals surface area (Å²) in [4.78, 5) is 26.9. The Morgan fingerprint density at radius 1 is 0.421 bits per heavy atom. The third-order valence-electron chi connectivity index (χ3n) is 9.19. The molecule has 2 aliphatic rings. The largest absolute Gasteiger partial charge is 0.491 e. The lowest BCUT2D eigenvalue weighted by Gasteiger charge is -2.22. The average molecular weight is 805 g/mol. The van der Waals surface area contributed by atoms with Crippen molar-refractivity contribution in [2.24, 2.45) is 0 Å². The maximum absolute atomic E-state index is 16.3. The Kier molecular flexibility index (Phi) is 7.38. The summed E-state index contributed by atoms with van der Waals surface area (Å²) in [5.74, 6) is -5.04. The van der Waals surface area contributed by atoms with Gasteiger partial charge in [-0.25, -0.2) is 38.9 Å². The lowest BCUT2D eigenvalue weighted by atomic mass is 9.93. The van der Waals surface area contributed by atoms with Crippen molar-refractivity contribution in [3.63, 3.8) is 0 Å². The number of aromatic nitrogens is 8. The molecule has 0 saturated heterocycles. The summed E-state index contributed by atoms with van der Waals surface area (Å²) in [6.07, 6.45) is -24.2. The van der Waals surface area contributed by atoms with Crippen LogP contribution in [0.3, 0.4) is 0 Å². The molecule has 0 spiro atoms. The second-order valence-electron chi connectivity index (χ2n) is 12.6. The zero-order chi connectivity index (χ0) is 40.6. The normalized spacial score (nSPS) is 13.4. The van der Waals surface area contributed by atoms with E-state index >= 15 is 17.6 Å². The van der Waals surface area contributed by atoms with Crippen LogP contribution < -0.4 is 0 Å². The molecule has 21 heteroatoms. The lowest BCUT2D eigenvalue weighted by molar-refractivity contribution is -0.198. The van der Waals surface area contributed by atoms with Crippen LogP contribution in [0, 0.1) is 5.82 Å². The first-order valence-corrected chi connectivity index (χ1v) is 16.0.